The smallest absolute Gasteiger partial charge is 0.183 e. The average molecular weight is 321 g/mol. The zero-order valence-electron chi connectivity index (χ0n) is 11.1. The predicted molar refractivity (Wildman–Crippen MR) is 83.9 cm³/mol. The topological polar surface area (TPSA) is 47.3 Å². The van der Waals surface area contributed by atoms with Gasteiger partial charge >= 0.3 is 0 Å². The fourth-order valence-electron chi connectivity index (χ4n) is 1.83. The van der Waals surface area contributed by atoms with Gasteiger partial charge in [0.15, 0.2) is 4.47 Å². The SMILES string of the molecule is Clc1ncc(CNc2ccccc2OCc2ccco2)s1. The van der Waals surface area contributed by atoms with E-state index in [9.17, 15) is 0 Å². The molecular weight excluding hydrogens is 308 g/mol. The number of nitrogens with zero attached hydrogens (tertiary/aromatic N) is 1. The molecule has 4 nitrogen and oxygen atoms in total. The zero-order valence-corrected chi connectivity index (χ0v) is 12.7. The summed E-state index contributed by atoms with van der Waals surface area (Å²) in [4.78, 5) is 5.09. The molecule has 0 aliphatic heterocycles. The van der Waals surface area contributed by atoms with E-state index in [1.165, 1.54) is 11.3 Å². The van der Waals surface area contributed by atoms with Crippen LogP contribution in [0.25, 0.3) is 0 Å². The molecular formula is C15H13ClN2O2S. The Bertz CT molecular complexity index is 697. The van der Waals surface area contributed by atoms with E-state index < -0.39 is 0 Å². The van der Waals surface area contributed by atoms with Crippen LogP contribution in [0.3, 0.4) is 0 Å². The minimum atomic E-state index is 0.401. The Kier molecular flexibility index (Phi) is 4.43. The van der Waals surface area contributed by atoms with Gasteiger partial charge in [-0.1, -0.05) is 23.7 Å². The molecule has 1 aromatic carbocycles. The van der Waals surface area contributed by atoms with Crippen LogP contribution in [0.2, 0.25) is 4.47 Å². The lowest BCUT2D eigenvalue weighted by Gasteiger charge is -2.11. The van der Waals surface area contributed by atoms with Crippen molar-refractivity contribution in [2.45, 2.75) is 13.2 Å². The molecule has 6 heteroatoms. The van der Waals surface area contributed by atoms with Crippen LogP contribution < -0.4 is 10.1 Å². The van der Waals surface area contributed by atoms with E-state index in [4.69, 9.17) is 20.8 Å². The highest BCUT2D eigenvalue weighted by Gasteiger charge is 2.05. The Labute approximate surface area is 131 Å². The van der Waals surface area contributed by atoms with Crippen molar-refractivity contribution >= 4 is 28.6 Å². The van der Waals surface area contributed by atoms with Crippen LogP contribution >= 0.6 is 22.9 Å². The molecule has 0 fully saturated rings. The molecule has 0 amide bonds. The molecule has 2 heterocycles. The predicted octanol–water partition coefficient (Wildman–Crippen LogP) is 4.58. The lowest BCUT2D eigenvalue weighted by Crippen LogP contribution is -2.01. The molecule has 0 atom stereocenters. The molecule has 3 aromatic rings. The number of hydrogen-bond acceptors (Lipinski definition) is 5. The van der Waals surface area contributed by atoms with Gasteiger partial charge in [0.25, 0.3) is 0 Å². The van der Waals surface area contributed by atoms with Crippen LogP contribution in [-0.2, 0) is 13.2 Å². The molecule has 0 spiro atoms. The molecule has 0 bridgehead atoms. The largest absolute Gasteiger partial charge is 0.483 e. The van der Waals surface area contributed by atoms with Crippen LogP contribution in [0.15, 0.2) is 53.3 Å². The van der Waals surface area contributed by atoms with Crippen molar-refractivity contribution in [2.24, 2.45) is 0 Å². The lowest BCUT2D eigenvalue weighted by molar-refractivity contribution is 0.271. The summed E-state index contributed by atoms with van der Waals surface area (Å²) >= 11 is 7.28. The lowest BCUT2D eigenvalue weighted by atomic mass is 10.3. The Hall–Kier alpha value is -1.98. The van der Waals surface area contributed by atoms with E-state index in [2.05, 4.69) is 10.3 Å². The van der Waals surface area contributed by atoms with E-state index >= 15 is 0 Å². The Balaban J connectivity index is 1.64. The van der Waals surface area contributed by atoms with Crippen molar-refractivity contribution in [1.82, 2.24) is 4.98 Å². The third kappa shape index (κ3) is 3.77. The maximum Gasteiger partial charge on any atom is 0.183 e. The zero-order chi connectivity index (χ0) is 14.5. The molecule has 0 radical (unpaired) electrons. The number of rotatable bonds is 6. The maximum absolute atomic E-state index is 5.82. The first-order valence-corrected chi connectivity index (χ1v) is 7.59. The van der Waals surface area contributed by atoms with E-state index in [0.29, 0.717) is 17.6 Å². The van der Waals surface area contributed by atoms with Gasteiger partial charge in [-0.05, 0) is 24.3 Å². The summed E-state index contributed by atoms with van der Waals surface area (Å²) in [6.07, 6.45) is 3.41. The van der Waals surface area contributed by atoms with E-state index in [1.54, 1.807) is 12.5 Å². The van der Waals surface area contributed by atoms with Gasteiger partial charge in [0, 0.05) is 11.1 Å². The number of halogens is 1. The van der Waals surface area contributed by atoms with Crippen molar-refractivity contribution in [1.29, 1.82) is 0 Å². The molecule has 2 aromatic heterocycles. The first-order valence-electron chi connectivity index (χ1n) is 6.39. The number of benzene rings is 1. The number of nitrogens with one attached hydrogen (secondary N) is 1. The Morgan fingerprint density at radius 2 is 2.14 bits per heavy atom. The number of thiazole rings is 1. The van der Waals surface area contributed by atoms with Gasteiger partial charge in [0.05, 0.1) is 18.5 Å². The monoisotopic (exact) mass is 320 g/mol. The summed E-state index contributed by atoms with van der Waals surface area (Å²) in [5.74, 6) is 1.57. The number of anilines is 1. The van der Waals surface area contributed by atoms with Crippen LogP contribution in [0, 0.1) is 0 Å². The molecule has 0 saturated carbocycles. The number of hydrogen-bond donors (Lipinski definition) is 1. The second-order valence-corrected chi connectivity index (χ2v) is 5.99. The minimum Gasteiger partial charge on any atom is -0.483 e. The van der Waals surface area contributed by atoms with Crippen LogP contribution in [0.4, 0.5) is 5.69 Å². The van der Waals surface area contributed by atoms with Gasteiger partial charge in [0.1, 0.15) is 18.1 Å². The molecule has 0 aliphatic rings. The van der Waals surface area contributed by atoms with Crippen molar-refractivity contribution in [2.75, 3.05) is 5.32 Å². The summed E-state index contributed by atoms with van der Waals surface area (Å²) in [6, 6.07) is 11.5. The molecule has 108 valence electrons. The van der Waals surface area contributed by atoms with Crippen LogP contribution in [0.1, 0.15) is 10.6 Å². The maximum atomic E-state index is 5.82. The summed E-state index contributed by atoms with van der Waals surface area (Å²) in [5, 5.41) is 3.33. The van der Waals surface area contributed by atoms with Crippen molar-refractivity contribution < 1.29 is 9.15 Å². The fourth-order valence-corrected chi connectivity index (χ4v) is 2.75. The average Bonchev–Trinajstić information content (AvgIpc) is 3.15. The van der Waals surface area contributed by atoms with Crippen molar-refractivity contribution in [3.8, 4) is 5.75 Å². The molecule has 0 unspecified atom stereocenters. The highest BCUT2D eigenvalue weighted by atomic mass is 35.5. The van der Waals surface area contributed by atoms with Gasteiger partial charge in [-0.2, -0.15) is 0 Å². The number of furan rings is 1. The third-order valence-electron chi connectivity index (χ3n) is 2.82. The van der Waals surface area contributed by atoms with E-state index in [1.807, 2.05) is 36.4 Å². The number of ether oxygens (including phenoxy) is 1. The molecule has 0 saturated heterocycles. The summed E-state index contributed by atoms with van der Waals surface area (Å²) in [5.41, 5.74) is 0.925. The highest BCUT2D eigenvalue weighted by Crippen LogP contribution is 2.26. The summed E-state index contributed by atoms with van der Waals surface area (Å²) in [6.45, 7) is 1.06. The summed E-state index contributed by atoms with van der Waals surface area (Å²) in [7, 11) is 0. The van der Waals surface area contributed by atoms with Crippen LogP contribution in [-0.4, -0.2) is 4.98 Å². The van der Waals surface area contributed by atoms with E-state index in [-0.39, 0.29) is 0 Å². The minimum absolute atomic E-state index is 0.401. The van der Waals surface area contributed by atoms with Gasteiger partial charge in [0.2, 0.25) is 0 Å². The number of para-hydroxylation sites is 2. The van der Waals surface area contributed by atoms with Crippen molar-refractivity contribution in [3.05, 3.63) is 64.0 Å². The number of aromatic nitrogens is 1. The first-order chi connectivity index (χ1) is 10.3. The second-order valence-electron chi connectivity index (χ2n) is 4.30. The quantitative estimate of drug-likeness (QED) is 0.722. The van der Waals surface area contributed by atoms with Gasteiger partial charge in [-0.3, -0.25) is 0 Å². The normalized spacial score (nSPS) is 10.5. The standard InChI is InChI=1S/C15H13ClN2O2S/c16-15-18-9-12(21-15)8-17-13-5-1-2-6-14(13)20-10-11-4-3-7-19-11/h1-7,9,17H,8,10H2. The van der Waals surface area contributed by atoms with Gasteiger partial charge in [-0.25, -0.2) is 4.98 Å². The Morgan fingerprint density at radius 1 is 1.24 bits per heavy atom. The second kappa shape index (κ2) is 6.65. The third-order valence-corrected chi connectivity index (χ3v) is 3.93. The molecule has 1 N–H and O–H groups in total. The fraction of sp³-hybridized carbons (Fsp3) is 0.133. The van der Waals surface area contributed by atoms with Crippen molar-refractivity contribution in [3.63, 3.8) is 0 Å². The Morgan fingerprint density at radius 3 is 2.90 bits per heavy atom. The summed E-state index contributed by atoms with van der Waals surface area (Å²) < 4.78 is 11.6. The molecule has 21 heavy (non-hydrogen) atoms. The van der Waals surface area contributed by atoms with Gasteiger partial charge < -0.3 is 14.5 Å². The highest BCUT2D eigenvalue weighted by molar-refractivity contribution is 7.15. The molecule has 0 aliphatic carbocycles. The molecule has 3 rings (SSSR count). The van der Waals surface area contributed by atoms with Crippen LogP contribution in [0.5, 0.6) is 5.75 Å². The van der Waals surface area contributed by atoms with Gasteiger partial charge in [-0.15, -0.1) is 11.3 Å². The first kappa shape index (κ1) is 14.0. The van der Waals surface area contributed by atoms with E-state index in [0.717, 1.165) is 22.1 Å².